The van der Waals surface area contributed by atoms with E-state index in [9.17, 15) is 17.2 Å². The van der Waals surface area contributed by atoms with Gasteiger partial charge in [0.2, 0.25) is 0 Å². The molecule has 2 N–H and O–H groups in total. The summed E-state index contributed by atoms with van der Waals surface area (Å²) in [6.45, 7) is 0.804. The van der Waals surface area contributed by atoms with Crippen LogP contribution in [0.15, 0.2) is 18.2 Å². The second-order valence-corrected chi connectivity index (χ2v) is 5.46. The molecule has 1 heterocycles. The van der Waals surface area contributed by atoms with Crippen LogP contribution in [0.2, 0.25) is 0 Å². The van der Waals surface area contributed by atoms with Crippen LogP contribution < -0.4 is 10.0 Å². The Morgan fingerprint density at radius 3 is 2.82 bits per heavy atom. The number of anilines is 2. The third-order valence-corrected chi connectivity index (χ3v) is 3.53. The average Bonchev–Trinajstić information content (AvgIpc) is 2.28. The molecule has 0 unspecified atom stereocenters. The number of nitrogens with one attached hydrogen (secondary N) is 2. The van der Waals surface area contributed by atoms with E-state index in [0.29, 0.717) is 0 Å². The zero-order valence-corrected chi connectivity index (χ0v) is 9.73. The Morgan fingerprint density at radius 1 is 1.35 bits per heavy atom. The molecule has 4 nitrogen and oxygen atoms in total. The van der Waals surface area contributed by atoms with Crippen LogP contribution in [-0.2, 0) is 16.4 Å². The van der Waals surface area contributed by atoms with Gasteiger partial charge in [-0.1, -0.05) is 6.07 Å². The van der Waals surface area contributed by atoms with Crippen molar-refractivity contribution in [1.29, 1.82) is 0 Å². The van der Waals surface area contributed by atoms with Gasteiger partial charge < -0.3 is 5.32 Å². The SMILES string of the molecule is O=S(=O)(Nc1ccc2c(c1)NCCC2)C(F)F. The molecule has 17 heavy (non-hydrogen) atoms. The molecule has 0 radical (unpaired) electrons. The zero-order chi connectivity index (χ0) is 12.5. The van der Waals surface area contributed by atoms with Crippen LogP contribution in [0.4, 0.5) is 20.2 Å². The topological polar surface area (TPSA) is 58.2 Å². The van der Waals surface area contributed by atoms with E-state index in [2.05, 4.69) is 5.32 Å². The summed E-state index contributed by atoms with van der Waals surface area (Å²) in [5.74, 6) is -3.42. The van der Waals surface area contributed by atoms with E-state index in [4.69, 9.17) is 0 Å². The Balaban J connectivity index is 2.23. The summed E-state index contributed by atoms with van der Waals surface area (Å²) in [5.41, 5.74) is 2.01. The van der Waals surface area contributed by atoms with Crippen molar-refractivity contribution in [2.24, 2.45) is 0 Å². The number of sulfonamides is 1. The summed E-state index contributed by atoms with van der Waals surface area (Å²) in [6.07, 6.45) is 1.92. The van der Waals surface area contributed by atoms with Crippen molar-refractivity contribution in [1.82, 2.24) is 0 Å². The lowest BCUT2D eigenvalue weighted by Crippen LogP contribution is -2.21. The summed E-state index contributed by atoms with van der Waals surface area (Å²) >= 11 is 0. The largest absolute Gasteiger partial charge is 0.385 e. The monoisotopic (exact) mass is 262 g/mol. The summed E-state index contributed by atoms with van der Waals surface area (Å²) in [6, 6.07) is 4.77. The lowest BCUT2D eigenvalue weighted by Gasteiger charge is -2.19. The number of benzene rings is 1. The number of rotatable bonds is 3. The summed E-state index contributed by atoms with van der Waals surface area (Å²) in [5, 5.41) is 3.10. The normalized spacial score (nSPS) is 15.2. The second-order valence-electron chi connectivity index (χ2n) is 3.81. The third-order valence-electron chi connectivity index (χ3n) is 2.54. The highest BCUT2D eigenvalue weighted by atomic mass is 32.2. The molecule has 0 saturated heterocycles. The molecule has 94 valence electrons. The minimum atomic E-state index is -4.59. The molecular weight excluding hydrogens is 250 g/mol. The first-order valence-corrected chi connectivity index (χ1v) is 6.70. The lowest BCUT2D eigenvalue weighted by atomic mass is 10.0. The van der Waals surface area contributed by atoms with Crippen molar-refractivity contribution in [3.8, 4) is 0 Å². The van der Waals surface area contributed by atoms with Crippen molar-refractivity contribution >= 4 is 21.4 Å². The van der Waals surface area contributed by atoms with Gasteiger partial charge >= 0.3 is 5.76 Å². The zero-order valence-electron chi connectivity index (χ0n) is 8.91. The highest BCUT2D eigenvalue weighted by Gasteiger charge is 2.24. The molecule has 0 atom stereocenters. The Labute approximate surface area is 98.1 Å². The molecule has 0 amide bonds. The van der Waals surface area contributed by atoms with Crippen molar-refractivity contribution in [3.63, 3.8) is 0 Å². The van der Waals surface area contributed by atoms with Gasteiger partial charge in [0.1, 0.15) is 0 Å². The molecule has 2 rings (SSSR count). The lowest BCUT2D eigenvalue weighted by molar-refractivity contribution is 0.236. The second kappa shape index (κ2) is 4.48. The maximum Gasteiger partial charge on any atom is 0.355 e. The number of hydrogen-bond acceptors (Lipinski definition) is 3. The third kappa shape index (κ3) is 2.66. The summed E-state index contributed by atoms with van der Waals surface area (Å²) in [7, 11) is -4.59. The van der Waals surface area contributed by atoms with Gasteiger partial charge in [-0.15, -0.1) is 0 Å². The van der Waals surface area contributed by atoms with Gasteiger partial charge in [0.05, 0.1) is 5.69 Å². The number of fused-ring (bicyclic) bond motifs is 1. The van der Waals surface area contributed by atoms with Crippen LogP contribution in [0, 0.1) is 0 Å². The molecule has 0 aromatic heterocycles. The molecule has 0 bridgehead atoms. The smallest absolute Gasteiger partial charge is 0.355 e. The van der Waals surface area contributed by atoms with E-state index >= 15 is 0 Å². The van der Waals surface area contributed by atoms with Gasteiger partial charge in [-0.2, -0.15) is 8.78 Å². The number of aryl methyl sites for hydroxylation is 1. The minimum absolute atomic E-state index is 0.151. The van der Waals surface area contributed by atoms with E-state index < -0.39 is 15.8 Å². The first kappa shape index (κ1) is 12.1. The van der Waals surface area contributed by atoms with E-state index in [1.54, 1.807) is 6.07 Å². The fourth-order valence-corrected chi connectivity index (χ4v) is 2.28. The van der Waals surface area contributed by atoms with Crippen LogP contribution in [-0.4, -0.2) is 20.7 Å². The fourth-order valence-electron chi connectivity index (χ4n) is 1.73. The molecule has 0 fully saturated rings. The summed E-state index contributed by atoms with van der Waals surface area (Å²) in [4.78, 5) is 0. The molecule has 1 aromatic rings. The Kier molecular flexibility index (Phi) is 3.19. The van der Waals surface area contributed by atoms with Gasteiger partial charge in [-0.3, -0.25) is 4.72 Å². The maximum absolute atomic E-state index is 12.2. The number of alkyl halides is 2. The maximum atomic E-state index is 12.2. The van der Waals surface area contributed by atoms with Crippen LogP contribution >= 0.6 is 0 Å². The molecular formula is C10H12F2N2O2S. The standard InChI is InChI=1S/C10H12F2N2O2S/c11-10(12)17(15,16)14-8-4-3-7-2-1-5-13-9(7)6-8/h3-4,6,10,13-14H,1-2,5H2. The average molecular weight is 262 g/mol. The van der Waals surface area contributed by atoms with E-state index in [1.165, 1.54) is 12.1 Å². The fraction of sp³-hybridized carbons (Fsp3) is 0.400. The quantitative estimate of drug-likeness (QED) is 0.876. The Hall–Kier alpha value is -1.37. The van der Waals surface area contributed by atoms with Crippen molar-refractivity contribution < 1.29 is 17.2 Å². The van der Waals surface area contributed by atoms with E-state index in [-0.39, 0.29) is 5.69 Å². The number of hydrogen-bond donors (Lipinski definition) is 2. The van der Waals surface area contributed by atoms with Crippen LogP contribution in [0.3, 0.4) is 0 Å². The van der Waals surface area contributed by atoms with Crippen molar-refractivity contribution in [3.05, 3.63) is 23.8 Å². The van der Waals surface area contributed by atoms with Crippen LogP contribution in [0.25, 0.3) is 0 Å². The van der Waals surface area contributed by atoms with Gasteiger partial charge in [-0.05, 0) is 30.5 Å². The first-order chi connectivity index (χ1) is 7.99. The molecule has 0 saturated carbocycles. The van der Waals surface area contributed by atoms with Crippen molar-refractivity contribution in [2.45, 2.75) is 18.6 Å². The predicted octanol–water partition coefficient (Wildman–Crippen LogP) is 2.01. The van der Waals surface area contributed by atoms with Gasteiger partial charge in [0.25, 0.3) is 10.0 Å². The first-order valence-electron chi connectivity index (χ1n) is 5.15. The van der Waals surface area contributed by atoms with Gasteiger partial charge in [0, 0.05) is 12.2 Å². The van der Waals surface area contributed by atoms with E-state index in [0.717, 1.165) is 30.6 Å². The molecule has 0 aliphatic carbocycles. The van der Waals surface area contributed by atoms with E-state index in [1.807, 2.05) is 4.72 Å². The predicted molar refractivity (Wildman–Crippen MR) is 61.8 cm³/mol. The van der Waals surface area contributed by atoms with Gasteiger partial charge in [0.15, 0.2) is 0 Å². The minimum Gasteiger partial charge on any atom is -0.385 e. The molecule has 1 aromatic carbocycles. The molecule has 1 aliphatic heterocycles. The Bertz CT molecular complexity index is 517. The van der Waals surface area contributed by atoms with Crippen LogP contribution in [0.5, 0.6) is 0 Å². The summed E-state index contributed by atoms with van der Waals surface area (Å²) < 4.78 is 48.2. The van der Waals surface area contributed by atoms with Gasteiger partial charge in [-0.25, -0.2) is 8.42 Å². The Morgan fingerprint density at radius 2 is 2.12 bits per heavy atom. The molecule has 1 aliphatic rings. The number of halogens is 2. The molecule has 0 spiro atoms. The van der Waals surface area contributed by atoms with Crippen LogP contribution in [0.1, 0.15) is 12.0 Å². The highest BCUT2D eigenvalue weighted by Crippen LogP contribution is 2.26. The molecule has 7 heteroatoms. The highest BCUT2D eigenvalue weighted by molar-refractivity contribution is 7.93. The van der Waals surface area contributed by atoms with Crippen molar-refractivity contribution in [2.75, 3.05) is 16.6 Å².